The highest BCUT2D eigenvalue weighted by Crippen LogP contribution is 2.32. The zero-order valence-corrected chi connectivity index (χ0v) is 10.9. The maximum absolute atomic E-state index is 12.2. The van der Waals surface area contributed by atoms with Crippen molar-refractivity contribution in [1.82, 2.24) is 4.98 Å². The molecule has 0 radical (unpaired) electrons. The summed E-state index contributed by atoms with van der Waals surface area (Å²) in [6, 6.07) is 10.1. The molecule has 1 aliphatic rings. The minimum Gasteiger partial charge on any atom is -0.325 e. The third-order valence-electron chi connectivity index (χ3n) is 3.20. The van der Waals surface area contributed by atoms with Gasteiger partial charge in [-0.3, -0.25) is 19.4 Å². The lowest BCUT2D eigenvalue weighted by atomic mass is 9.95. The fourth-order valence-corrected chi connectivity index (χ4v) is 2.23. The number of carbonyl (C=O) groups excluding carboxylic acids is 3. The fraction of sp³-hybridized carbons (Fsp3) is 0.0667. The molecular formula is C15H11N3O3. The van der Waals surface area contributed by atoms with E-state index >= 15 is 0 Å². The molecule has 2 N–H and O–H groups in total. The molecule has 6 nitrogen and oxygen atoms in total. The topological polar surface area (TPSA) is 88.2 Å². The lowest BCUT2D eigenvalue weighted by molar-refractivity contribution is -0.138. The number of para-hydroxylation sites is 1. The summed E-state index contributed by atoms with van der Waals surface area (Å²) in [4.78, 5) is 40.0. The van der Waals surface area contributed by atoms with E-state index in [1.54, 1.807) is 42.6 Å². The average molecular weight is 281 g/mol. The van der Waals surface area contributed by atoms with E-state index in [1.807, 2.05) is 0 Å². The first-order valence-corrected chi connectivity index (χ1v) is 6.32. The van der Waals surface area contributed by atoms with Crippen LogP contribution in [0.1, 0.15) is 11.5 Å². The normalized spacial score (nSPS) is 16.0. The SMILES string of the molecule is O=C(Nc1cccnc1)C(=O)[C@H]1C(=O)Nc2ccccc21. The number of anilines is 2. The summed E-state index contributed by atoms with van der Waals surface area (Å²) in [7, 11) is 0. The molecule has 0 saturated heterocycles. The Morgan fingerprint density at radius 1 is 1.14 bits per heavy atom. The number of amides is 2. The lowest BCUT2D eigenvalue weighted by Gasteiger charge is -2.08. The van der Waals surface area contributed by atoms with Crippen LogP contribution in [0, 0.1) is 0 Å². The molecule has 0 spiro atoms. The van der Waals surface area contributed by atoms with Gasteiger partial charge >= 0.3 is 0 Å². The van der Waals surface area contributed by atoms with Crippen molar-refractivity contribution in [2.24, 2.45) is 0 Å². The van der Waals surface area contributed by atoms with E-state index in [9.17, 15) is 14.4 Å². The Morgan fingerprint density at radius 2 is 1.95 bits per heavy atom. The highest BCUT2D eigenvalue weighted by atomic mass is 16.2. The number of nitrogens with zero attached hydrogens (tertiary/aromatic N) is 1. The van der Waals surface area contributed by atoms with Gasteiger partial charge in [-0.05, 0) is 23.8 Å². The lowest BCUT2D eigenvalue weighted by Crippen LogP contribution is -2.31. The molecule has 2 heterocycles. The van der Waals surface area contributed by atoms with Crippen molar-refractivity contribution in [3.05, 3.63) is 54.4 Å². The molecule has 2 aromatic rings. The zero-order valence-electron chi connectivity index (χ0n) is 10.9. The van der Waals surface area contributed by atoms with E-state index < -0.39 is 23.5 Å². The number of hydrogen-bond donors (Lipinski definition) is 2. The fourth-order valence-electron chi connectivity index (χ4n) is 2.23. The van der Waals surface area contributed by atoms with Gasteiger partial charge in [-0.25, -0.2) is 0 Å². The van der Waals surface area contributed by atoms with Crippen LogP contribution in [-0.2, 0) is 14.4 Å². The number of fused-ring (bicyclic) bond motifs is 1. The molecule has 6 heteroatoms. The Kier molecular flexibility index (Phi) is 3.19. The van der Waals surface area contributed by atoms with Crippen LogP contribution in [0.25, 0.3) is 0 Å². The van der Waals surface area contributed by atoms with E-state index in [-0.39, 0.29) is 0 Å². The standard InChI is InChI=1S/C15H11N3O3/c19-13(15(21)17-9-4-3-7-16-8-9)12-10-5-1-2-6-11(10)18-14(12)20/h1-8,12H,(H,17,21)(H,18,20)/t12-/m0/s1. The number of aromatic nitrogens is 1. The van der Waals surface area contributed by atoms with Gasteiger partial charge in [0.15, 0.2) is 0 Å². The third-order valence-corrected chi connectivity index (χ3v) is 3.20. The van der Waals surface area contributed by atoms with Crippen LogP contribution in [0.5, 0.6) is 0 Å². The van der Waals surface area contributed by atoms with Gasteiger partial charge in [0.05, 0.1) is 11.9 Å². The number of benzene rings is 1. The molecule has 0 unspecified atom stereocenters. The molecule has 3 rings (SSSR count). The predicted octanol–water partition coefficient (Wildman–Crippen LogP) is 1.33. The quantitative estimate of drug-likeness (QED) is 0.656. The van der Waals surface area contributed by atoms with Crippen molar-refractivity contribution in [3.63, 3.8) is 0 Å². The monoisotopic (exact) mass is 281 g/mol. The van der Waals surface area contributed by atoms with E-state index in [1.165, 1.54) is 6.20 Å². The van der Waals surface area contributed by atoms with Crippen LogP contribution < -0.4 is 10.6 Å². The Morgan fingerprint density at radius 3 is 2.71 bits per heavy atom. The maximum atomic E-state index is 12.2. The van der Waals surface area contributed by atoms with Crippen LogP contribution in [0.3, 0.4) is 0 Å². The molecule has 21 heavy (non-hydrogen) atoms. The van der Waals surface area contributed by atoms with Crippen LogP contribution in [0.2, 0.25) is 0 Å². The number of rotatable bonds is 3. The van der Waals surface area contributed by atoms with Crippen molar-refractivity contribution in [2.75, 3.05) is 10.6 Å². The second-order valence-corrected chi connectivity index (χ2v) is 4.57. The Labute approximate surface area is 120 Å². The van der Waals surface area contributed by atoms with E-state index in [0.717, 1.165) is 0 Å². The second kappa shape index (κ2) is 5.16. The first-order valence-electron chi connectivity index (χ1n) is 6.32. The van der Waals surface area contributed by atoms with Gasteiger partial charge in [-0.2, -0.15) is 0 Å². The minimum atomic E-state index is -1.10. The van der Waals surface area contributed by atoms with E-state index in [4.69, 9.17) is 0 Å². The highest BCUT2D eigenvalue weighted by molar-refractivity contribution is 6.47. The number of Topliss-reactive ketones (excluding diaryl/α,β-unsaturated/α-hetero) is 1. The highest BCUT2D eigenvalue weighted by Gasteiger charge is 2.39. The third kappa shape index (κ3) is 2.38. The maximum Gasteiger partial charge on any atom is 0.293 e. The summed E-state index contributed by atoms with van der Waals surface area (Å²) in [5.74, 6) is -3.21. The summed E-state index contributed by atoms with van der Waals surface area (Å²) in [6.45, 7) is 0. The first kappa shape index (κ1) is 13.0. The van der Waals surface area contributed by atoms with E-state index in [2.05, 4.69) is 15.6 Å². The molecule has 104 valence electrons. The van der Waals surface area contributed by atoms with Gasteiger partial charge in [0, 0.05) is 11.9 Å². The molecule has 2 amide bonds. The van der Waals surface area contributed by atoms with Gasteiger partial charge in [-0.1, -0.05) is 18.2 Å². The zero-order chi connectivity index (χ0) is 14.8. The van der Waals surface area contributed by atoms with Gasteiger partial charge in [0.1, 0.15) is 5.92 Å². The van der Waals surface area contributed by atoms with Crippen molar-refractivity contribution < 1.29 is 14.4 Å². The number of carbonyl (C=O) groups is 3. The van der Waals surface area contributed by atoms with E-state index in [0.29, 0.717) is 16.9 Å². The molecule has 1 aliphatic heterocycles. The summed E-state index contributed by atoms with van der Waals surface area (Å²) in [5.41, 5.74) is 1.49. The van der Waals surface area contributed by atoms with Crippen LogP contribution in [0.4, 0.5) is 11.4 Å². The number of ketones is 1. The molecule has 0 aliphatic carbocycles. The number of nitrogens with one attached hydrogen (secondary N) is 2. The van der Waals surface area contributed by atoms with Gasteiger partial charge < -0.3 is 10.6 Å². The van der Waals surface area contributed by atoms with Crippen molar-refractivity contribution in [2.45, 2.75) is 5.92 Å². The average Bonchev–Trinajstić information content (AvgIpc) is 2.83. The van der Waals surface area contributed by atoms with Gasteiger partial charge in [0.2, 0.25) is 11.7 Å². The van der Waals surface area contributed by atoms with Crippen molar-refractivity contribution in [3.8, 4) is 0 Å². The largest absolute Gasteiger partial charge is 0.325 e. The molecular weight excluding hydrogens is 270 g/mol. The minimum absolute atomic E-state index is 0.405. The van der Waals surface area contributed by atoms with Crippen molar-refractivity contribution >= 4 is 29.0 Å². The molecule has 0 saturated carbocycles. The van der Waals surface area contributed by atoms with Crippen molar-refractivity contribution in [1.29, 1.82) is 0 Å². The van der Waals surface area contributed by atoms with Crippen LogP contribution in [0.15, 0.2) is 48.8 Å². The summed E-state index contributed by atoms with van der Waals surface area (Å²) < 4.78 is 0. The van der Waals surface area contributed by atoms with Gasteiger partial charge in [0.25, 0.3) is 5.91 Å². The molecule has 1 aromatic carbocycles. The van der Waals surface area contributed by atoms with Crippen LogP contribution in [-0.4, -0.2) is 22.6 Å². The first-order chi connectivity index (χ1) is 10.2. The Hall–Kier alpha value is -3.02. The summed E-state index contributed by atoms with van der Waals surface area (Å²) >= 11 is 0. The number of pyridine rings is 1. The number of hydrogen-bond acceptors (Lipinski definition) is 4. The smallest absolute Gasteiger partial charge is 0.293 e. The molecule has 1 aromatic heterocycles. The predicted molar refractivity (Wildman–Crippen MR) is 75.7 cm³/mol. The summed E-state index contributed by atoms with van der Waals surface area (Å²) in [5, 5.41) is 5.03. The van der Waals surface area contributed by atoms with Crippen LogP contribution >= 0.6 is 0 Å². The molecule has 1 atom stereocenters. The molecule has 0 fully saturated rings. The second-order valence-electron chi connectivity index (χ2n) is 4.57. The Bertz CT molecular complexity index is 728. The Balaban J connectivity index is 1.82. The summed E-state index contributed by atoms with van der Waals surface area (Å²) in [6.07, 6.45) is 2.98. The molecule has 0 bridgehead atoms. The van der Waals surface area contributed by atoms with Gasteiger partial charge in [-0.15, -0.1) is 0 Å².